The number of nitrogens with one attached hydrogen (secondary N) is 2. The highest BCUT2D eigenvalue weighted by molar-refractivity contribution is 7.17. The van der Waals surface area contributed by atoms with E-state index >= 15 is 0 Å². The third-order valence-electron chi connectivity index (χ3n) is 4.28. The molecule has 3 rings (SSSR count). The van der Waals surface area contributed by atoms with Crippen LogP contribution in [0.3, 0.4) is 0 Å². The van der Waals surface area contributed by atoms with E-state index in [0.29, 0.717) is 18.1 Å². The summed E-state index contributed by atoms with van der Waals surface area (Å²) in [6.07, 6.45) is -4.25. The number of halogens is 3. The number of thiophene rings is 1. The molecule has 0 atom stereocenters. The van der Waals surface area contributed by atoms with E-state index in [9.17, 15) is 22.8 Å². The third kappa shape index (κ3) is 3.63. The van der Waals surface area contributed by atoms with Gasteiger partial charge in [-0.2, -0.15) is 18.3 Å². The second-order valence-electron chi connectivity index (χ2n) is 7.65. The van der Waals surface area contributed by atoms with Gasteiger partial charge in [0, 0.05) is 17.4 Å². The molecule has 0 bridgehead atoms. The molecule has 11 heteroatoms. The first-order valence-electron chi connectivity index (χ1n) is 8.31. The Morgan fingerprint density at radius 3 is 2.50 bits per heavy atom. The normalized spacial score (nSPS) is 17.8. The van der Waals surface area contributed by atoms with Gasteiger partial charge in [0.1, 0.15) is 10.7 Å². The number of anilines is 1. The molecular formula is C17H19F3N4O3S. The molecule has 0 aliphatic carbocycles. The van der Waals surface area contributed by atoms with Gasteiger partial charge in [0.05, 0.1) is 16.8 Å². The number of primary amides is 1. The van der Waals surface area contributed by atoms with Crippen molar-refractivity contribution in [1.29, 1.82) is 0 Å². The van der Waals surface area contributed by atoms with E-state index in [1.165, 1.54) is 0 Å². The third-order valence-corrected chi connectivity index (χ3v) is 5.73. The first kappa shape index (κ1) is 20.3. The van der Waals surface area contributed by atoms with E-state index in [4.69, 9.17) is 10.5 Å². The van der Waals surface area contributed by atoms with Gasteiger partial charge in [0.15, 0.2) is 5.69 Å². The largest absolute Gasteiger partial charge is 0.432 e. The number of carbonyl (C=O) groups is 2. The summed E-state index contributed by atoms with van der Waals surface area (Å²) in [5.74, 6) is -1.62. The predicted molar refractivity (Wildman–Crippen MR) is 96.3 cm³/mol. The van der Waals surface area contributed by atoms with Gasteiger partial charge >= 0.3 is 6.18 Å². The molecule has 0 aromatic carbocycles. The van der Waals surface area contributed by atoms with Crippen LogP contribution in [0, 0.1) is 0 Å². The Bertz CT molecular complexity index is 959. The number of H-pyrrole nitrogens is 1. The predicted octanol–water partition coefficient (Wildman–Crippen LogP) is 3.43. The van der Waals surface area contributed by atoms with Crippen LogP contribution in [0.5, 0.6) is 0 Å². The summed E-state index contributed by atoms with van der Waals surface area (Å²) in [4.78, 5) is 25.2. The van der Waals surface area contributed by atoms with Crippen LogP contribution in [0.25, 0.3) is 0 Å². The number of hydrogen-bond donors (Lipinski definition) is 3. The van der Waals surface area contributed by atoms with Crippen molar-refractivity contribution in [3.05, 3.63) is 33.5 Å². The van der Waals surface area contributed by atoms with Crippen molar-refractivity contribution in [2.45, 2.75) is 51.5 Å². The zero-order valence-electron chi connectivity index (χ0n) is 15.6. The van der Waals surface area contributed by atoms with Crippen molar-refractivity contribution in [2.75, 3.05) is 5.32 Å². The average molecular weight is 416 g/mol. The molecule has 0 unspecified atom stereocenters. The summed E-state index contributed by atoms with van der Waals surface area (Å²) in [5, 5.41) is 7.80. The maximum atomic E-state index is 12.7. The molecule has 0 saturated carbocycles. The minimum atomic E-state index is -4.65. The molecule has 2 aromatic heterocycles. The number of aromatic nitrogens is 2. The van der Waals surface area contributed by atoms with Crippen LogP contribution in [-0.4, -0.2) is 27.6 Å². The summed E-state index contributed by atoms with van der Waals surface area (Å²) >= 11 is 1.12. The number of nitrogens with zero attached hydrogens (tertiary/aromatic N) is 1. The topological polar surface area (TPSA) is 110 Å². The van der Waals surface area contributed by atoms with Crippen LogP contribution in [0.2, 0.25) is 0 Å². The summed E-state index contributed by atoms with van der Waals surface area (Å²) in [7, 11) is 0. The SMILES string of the molecule is CC1(C)Cc2c(sc(NC(=O)c3cc(C(F)(F)F)[nH]n3)c2C(N)=O)C(C)(C)O1. The zero-order chi connectivity index (χ0) is 21.1. The molecule has 0 fully saturated rings. The van der Waals surface area contributed by atoms with E-state index in [1.54, 1.807) is 5.10 Å². The molecule has 3 heterocycles. The summed E-state index contributed by atoms with van der Waals surface area (Å²) < 4.78 is 44.2. The van der Waals surface area contributed by atoms with Gasteiger partial charge in [0.25, 0.3) is 11.8 Å². The molecule has 1 aliphatic rings. The van der Waals surface area contributed by atoms with Gasteiger partial charge in [-0.05, 0) is 33.3 Å². The highest BCUT2D eigenvalue weighted by Crippen LogP contribution is 2.48. The molecule has 0 saturated heterocycles. The Labute approximate surface area is 162 Å². The molecule has 28 heavy (non-hydrogen) atoms. The van der Waals surface area contributed by atoms with E-state index in [1.807, 2.05) is 27.7 Å². The van der Waals surface area contributed by atoms with E-state index in [2.05, 4.69) is 10.4 Å². The molecule has 0 radical (unpaired) electrons. The van der Waals surface area contributed by atoms with Crippen LogP contribution in [-0.2, 0) is 22.9 Å². The number of nitrogens with two attached hydrogens (primary N) is 1. The highest BCUT2D eigenvalue weighted by Gasteiger charge is 2.43. The minimum Gasteiger partial charge on any atom is -0.365 e. The Balaban J connectivity index is 1.99. The number of aromatic amines is 1. The number of ether oxygens (including phenoxy) is 1. The van der Waals surface area contributed by atoms with E-state index < -0.39 is 40.6 Å². The van der Waals surface area contributed by atoms with Crippen molar-refractivity contribution in [2.24, 2.45) is 5.73 Å². The fourth-order valence-corrected chi connectivity index (χ4v) is 4.68. The van der Waals surface area contributed by atoms with Crippen molar-refractivity contribution in [3.63, 3.8) is 0 Å². The lowest BCUT2D eigenvalue weighted by Gasteiger charge is -2.41. The zero-order valence-corrected chi connectivity index (χ0v) is 16.4. The summed E-state index contributed by atoms with van der Waals surface area (Å²) in [6, 6.07) is 0.600. The van der Waals surface area contributed by atoms with Crippen LogP contribution >= 0.6 is 11.3 Å². The van der Waals surface area contributed by atoms with Gasteiger partial charge in [-0.3, -0.25) is 14.7 Å². The highest BCUT2D eigenvalue weighted by atomic mass is 32.1. The maximum Gasteiger partial charge on any atom is 0.432 e. The Morgan fingerprint density at radius 2 is 1.96 bits per heavy atom. The van der Waals surface area contributed by atoms with Crippen molar-refractivity contribution >= 4 is 28.2 Å². The van der Waals surface area contributed by atoms with Crippen molar-refractivity contribution in [3.8, 4) is 0 Å². The first-order chi connectivity index (χ1) is 12.7. The lowest BCUT2D eigenvalue weighted by molar-refractivity contribution is -0.141. The molecule has 152 valence electrons. The second-order valence-corrected chi connectivity index (χ2v) is 8.67. The van der Waals surface area contributed by atoms with Gasteiger partial charge in [-0.15, -0.1) is 11.3 Å². The quantitative estimate of drug-likeness (QED) is 0.712. The van der Waals surface area contributed by atoms with E-state index in [0.717, 1.165) is 16.2 Å². The van der Waals surface area contributed by atoms with Gasteiger partial charge in [-0.25, -0.2) is 0 Å². The molecule has 0 spiro atoms. The summed E-state index contributed by atoms with van der Waals surface area (Å²) in [6.45, 7) is 7.42. The van der Waals surface area contributed by atoms with E-state index in [-0.39, 0.29) is 10.6 Å². The Kier molecular flexibility index (Phi) is 4.58. The fourth-order valence-electron chi connectivity index (χ4n) is 3.42. The first-order valence-corrected chi connectivity index (χ1v) is 9.13. The monoisotopic (exact) mass is 416 g/mol. The number of hydrogen-bond acceptors (Lipinski definition) is 5. The average Bonchev–Trinajstić information content (AvgIpc) is 3.09. The molecule has 7 nitrogen and oxygen atoms in total. The van der Waals surface area contributed by atoms with Crippen LogP contribution in [0.1, 0.15) is 64.7 Å². The number of carbonyl (C=O) groups excluding carboxylic acids is 2. The molecular weight excluding hydrogens is 397 g/mol. The van der Waals surface area contributed by atoms with Crippen molar-refractivity contribution < 1.29 is 27.5 Å². The lowest BCUT2D eigenvalue weighted by atomic mass is 9.86. The van der Waals surface area contributed by atoms with Crippen LogP contribution in [0.4, 0.5) is 18.2 Å². The van der Waals surface area contributed by atoms with Gasteiger partial charge < -0.3 is 15.8 Å². The fraction of sp³-hybridized carbons (Fsp3) is 0.471. The minimum absolute atomic E-state index is 0.143. The Hall–Kier alpha value is -2.40. The summed E-state index contributed by atoms with van der Waals surface area (Å²) in [5.41, 5.74) is 3.47. The smallest absolute Gasteiger partial charge is 0.365 e. The number of fused-ring (bicyclic) bond motifs is 1. The maximum absolute atomic E-state index is 12.7. The lowest BCUT2D eigenvalue weighted by Crippen LogP contribution is -2.42. The van der Waals surface area contributed by atoms with Gasteiger partial charge in [-0.1, -0.05) is 0 Å². The molecule has 1 aliphatic heterocycles. The Morgan fingerprint density at radius 1 is 1.32 bits per heavy atom. The van der Waals surface area contributed by atoms with Crippen LogP contribution in [0.15, 0.2) is 6.07 Å². The molecule has 2 aromatic rings. The second kappa shape index (κ2) is 6.31. The van der Waals surface area contributed by atoms with Gasteiger partial charge in [0.2, 0.25) is 0 Å². The number of rotatable bonds is 3. The standard InChI is InChI=1S/C17H19F3N4O3S/c1-15(2)6-7-10(12(21)25)14(28-11(7)16(3,4)27-15)22-13(26)8-5-9(24-23-8)17(18,19)20/h5H,6H2,1-4H3,(H2,21,25)(H,22,26)(H,23,24). The number of amides is 2. The number of alkyl halides is 3. The molecule has 4 N–H and O–H groups in total. The molecule has 2 amide bonds. The van der Waals surface area contributed by atoms with Crippen LogP contribution < -0.4 is 11.1 Å². The van der Waals surface area contributed by atoms with Crippen molar-refractivity contribution in [1.82, 2.24) is 10.2 Å².